The molecule has 1 amide bonds. The third-order valence-electron chi connectivity index (χ3n) is 6.41. The van der Waals surface area contributed by atoms with E-state index >= 15 is 0 Å². The van der Waals surface area contributed by atoms with Gasteiger partial charge in [-0.15, -0.1) is 0 Å². The van der Waals surface area contributed by atoms with Crippen LogP contribution in [0.15, 0.2) is 65.7 Å². The van der Waals surface area contributed by atoms with Gasteiger partial charge in [0.1, 0.15) is 29.5 Å². The number of carbonyl (C=O) groups excluding carboxylic acids is 2. The first-order valence-electron chi connectivity index (χ1n) is 10.3. The molecule has 0 spiro atoms. The lowest BCUT2D eigenvalue weighted by Gasteiger charge is -2.44. The number of nitrogens with one attached hydrogen (secondary N) is 1. The number of benzene rings is 1. The minimum absolute atomic E-state index is 0.105. The summed E-state index contributed by atoms with van der Waals surface area (Å²) >= 11 is 0. The summed E-state index contributed by atoms with van der Waals surface area (Å²) in [5.41, 5.74) is -0.301. The summed E-state index contributed by atoms with van der Waals surface area (Å²) in [5, 5.41) is 25.9. The number of quaternary nitrogens is 1. The lowest BCUT2D eigenvalue weighted by molar-refractivity contribution is -0.834. The number of aldehydes is 1. The van der Waals surface area contributed by atoms with E-state index in [1.165, 1.54) is 6.20 Å². The van der Waals surface area contributed by atoms with Crippen molar-refractivity contribution in [3.63, 3.8) is 0 Å². The van der Waals surface area contributed by atoms with Gasteiger partial charge in [-0.3, -0.25) is 4.79 Å². The van der Waals surface area contributed by atoms with Crippen molar-refractivity contribution in [2.75, 3.05) is 0 Å². The van der Waals surface area contributed by atoms with Crippen LogP contribution in [0, 0.1) is 5.41 Å². The summed E-state index contributed by atoms with van der Waals surface area (Å²) in [4.78, 5) is 37.2. The number of carboxylic acid groups (broad SMARTS) is 2. The molecule has 1 aromatic rings. The fraction of sp³-hybridized carbons (Fsp3) is 0.375. The average Bonchev–Trinajstić information content (AvgIpc) is 3.28. The Kier molecular flexibility index (Phi) is 5.67. The van der Waals surface area contributed by atoms with Crippen LogP contribution < -0.4 is 10.4 Å². The van der Waals surface area contributed by atoms with Gasteiger partial charge in [-0.2, -0.15) is 0 Å². The minimum Gasteiger partial charge on any atom is -0.498 e. The fourth-order valence-electron chi connectivity index (χ4n) is 4.86. The second-order valence-corrected chi connectivity index (χ2v) is 8.96. The maximum absolute atomic E-state index is 12.7. The van der Waals surface area contributed by atoms with Crippen LogP contribution in [0.25, 0.3) is 0 Å². The van der Waals surface area contributed by atoms with Crippen LogP contribution >= 0.6 is 0 Å². The van der Waals surface area contributed by atoms with Crippen LogP contribution in [0.1, 0.15) is 39.7 Å². The third-order valence-corrected chi connectivity index (χ3v) is 6.41. The molecule has 3 rings (SSSR count). The number of hydrogen-bond acceptors (Lipinski definition) is 5. The molecule has 0 radical (unpaired) electrons. The molecule has 0 fully saturated rings. The Morgan fingerprint density at radius 1 is 1.26 bits per heavy atom. The number of amides is 1. The van der Waals surface area contributed by atoms with Crippen LogP contribution in [0.4, 0.5) is 4.79 Å². The fourth-order valence-corrected chi connectivity index (χ4v) is 4.86. The molecule has 3 atom stereocenters. The van der Waals surface area contributed by atoms with Gasteiger partial charge >= 0.3 is 5.97 Å². The molecule has 0 aromatic heterocycles. The van der Waals surface area contributed by atoms with E-state index in [2.05, 4.69) is 5.32 Å². The zero-order valence-electron chi connectivity index (χ0n) is 18.2. The van der Waals surface area contributed by atoms with E-state index in [9.17, 15) is 24.6 Å². The van der Waals surface area contributed by atoms with Crippen molar-refractivity contribution < 1.29 is 29.1 Å². The van der Waals surface area contributed by atoms with Crippen molar-refractivity contribution in [3.05, 3.63) is 71.2 Å². The molecule has 164 valence electrons. The molecular formula is C24H28N2O5. The highest BCUT2D eigenvalue weighted by Gasteiger charge is 2.58. The lowest BCUT2D eigenvalue weighted by atomic mass is 9.70. The summed E-state index contributed by atoms with van der Waals surface area (Å²) in [6.45, 7) is 7.15. The molecular weight excluding hydrogens is 396 g/mol. The number of aliphatic carboxylic acids is 1. The van der Waals surface area contributed by atoms with Gasteiger partial charge in [-0.05, 0) is 50.8 Å². The second-order valence-electron chi connectivity index (χ2n) is 8.96. The van der Waals surface area contributed by atoms with Crippen molar-refractivity contribution in [1.82, 2.24) is 5.32 Å². The summed E-state index contributed by atoms with van der Waals surface area (Å²) in [6, 6.07) is 8.09. The first-order valence-corrected chi connectivity index (χ1v) is 10.3. The Bertz CT molecular complexity index is 1000. The quantitative estimate of drug-likeness (QED) is 0.537. The van der Waals surface area contributed by atoms with Crippen molar-refractivity contribution in [2.24, 2.45) is 5.41 Å². The molecule has 1 aromatic carbocycles. The normalized spacial score (nSPS) is 27.7. The monoisotopic (exact) mass is 424 g/mol. The molecule has 0 saturated carbocycles. The number of allylic oxidation sites excluding steroid dienone is 2. The summed E-state index contributed by atoms with van der Waals surface area (Å²) in [6.07, 6.45) is 4.53. The molecule has 7 heteroatoms. The average molecular weight is 424 g/mol. The molecule has 7 nitrogen and oxygen atoms in total. The Morgan fingerprint density at radius 2 is 1.90 bits per heavy atom. The van der Waals surface area contributed by atoms with Crippen molar-refractivity contribution in [1.29, 1.82) is 0 Å². The maximum Gasteiger partial charge on any atom is 0.316 e. The Labute approximate surface area is 182 Å². The van der Waals surface area contributed by atoms with Gasteiger partial charge in [0.05, 0.1) is 5.70 Å². The largest absolute Gasteiger partial charge is 0.498 e. The lowest BCUT2D eigenvalue weighted by Crippen LogP contribution is -2.63. The van der Waals surface area contributed by atoms with E-state index in [0.717, 1.165) is 5.56 Å². The third kappa shape index (κ3) is 3.20. The molecule has 2 aliphatic heterocycles. The molecule has 0 aliphatic carbocycles. The van der Waals surface area contributed by atoms with Crippen molar-refractivity contribution in [3.8, 4) is 0 Å². The van der Waals surface area contributed by atoms with E-state index in [1.54, 1.807) is 32.9 Å². The highest BCUT2D eigenvalue weighted by molar-refractivity contribution is 5.88. The predicted octanol–water partition coefficient (Wildman–Crippen LogP) is 2.50. The van der Waals surface area contributed by atoms with Gasteiger partial charge in [-0.25, -0.2) is 4.48 Å². The number of rotatable bonds is 6. The highest BCUT2D eigenvalue weighted by atomic mass is 16.4. The standard InChI is InChI=1S/C24H28N2O5/c1-5-17-20(18-12-9-13-26(18,22(30)31)23(2,3)4)25-19(15-27)24(17,21(28)29)14-16-10-7-6-8-11-16/h6-13,15,19,25H,5,14H2,1-4H3,(H-,28,29,30,31). The summed E-state index contributed by atoms with van der Waals surface area (Å²) in [7, 11) is 0. The molecule has 2 N–H and O–H groups in total. The van der Waals surface area contributed by atoms with Crippen LogP contribution in [0.5, 0.6) is 0 Å². The van der Waals surface area contributed by atoms with Gasteiger partial charge in [0.2, 0.25) is 0 Å². The second kappa shape index (κ2) is 7.81. The number of carbonyl (C=O) groups is 3. The molecule has 2 aliphatic rings. The Hall–Kier alpha value is -3.19. The van der Waals surface area contributed by atoms with Crippen LogP contribution in [0.3, 0.4) is 0 Å². The minimum atomic E-state index is -1.53. The van der Waals surface area contributed by atoms with Crippen LogP contribution in [-0.2, 0) is 16.0 Å². The zero-order chi connectivity index (χ0) is 23.0. The van der Waals surface area contributed by atoms with E-state index in [1.807, 2.05) is 37.3 Å². The summed E-state index contributed by atoms with van der Waals surface area (Å²) < 4.78 is -0.606. The Morgan fingerprint density at radius 3 is 2.39 bits per heavy atom. The van der Waals surface area contributed by atoms with Crippen LogP contribution in [0.2, 0.25) is 0 Å². The van der Waals surface area contributed by atoms with Crippen molar-refractivity contribution in [2.45, 2.75) is 52.1 Å². The molecule has 3 unspecified atom stereocenters. The molecule has 0 saturated heterocycles. The van der Waals surface area contributed by atoms with Crippen molar-refractivity contribution >= 4 is 18.3 Å². The first kappa shape index (κ1) is 22.5. The van der Waals surface area contributed by atoms with E-state index < -0.39 is 33.5 Å². The Balaban J connectivity index is 2.26. The molecule has 31 heavy (non-hydrogen) atoms. The SMILES string of the molecule is CCC1=C(C2=CC=C[N+]2(C(=O)[O-])C(C)(C)C)NC(C=O)C1(Cc1ccccc1)C(=O)O. The van der Waals surface area contributed by atoms with Crippen LogP contribution in [-0.4, -0.2) is 39.5 Å². The first-order chi connectivity index (χ1) is 14.6. The van der Waals surface area contributed by atoms with Gasteiger partial charge in [0.15, 0.2) is 5.70 Å². The van der Waals surface area contributed by atoms with E-state index in [-0.39, 0.29) is 6.42 Å². The molecule has 2 heterocycles. The molecule has 0 bridgehead atoms. The zero-order valence-corrected chi connectivity index (χ0v) is 18.2. The topological polar surface area (TPSA) is 107 Å². The summed E-state index contributed by atoms with van der Waals surface area (Å²) in [5.74, 6) is -1.12. The van der Waals surface area contributed by atoms with E-state index in [4.69, 9.17) is 0 Å². The van der Waals surface area contributed by atoms with E-state index in [0.29, 0.717) is 29.7 Å². The van der Waals surface area contributed by atoms with Gasteiger partial charge < -0.3 is 25.1 Å². The number of nitrogens with zero attached hydrogens (tertiary/aromatic N) is 1. The predicted molar refractivity (Wildman–Crippen MR) is 113 cm³/mol. The maximum atomic E-state index is 12.7. The number of hydrogen-bond donors (Lipinski definition) is 2. The van der Waals surface area contributed by atoms with Gasteiger partial charge in [0.25, 0.3) is 6.09 Å². The smallest absolute Gasteiger partial charge is 0.316 e. The van der Waals surface area contributed by atoms with Gasteiger partial charge in [0, 0.05) is 6.08 Å². The van der Waals surface area contributed by atoms with Gasteiger partial charge in [-0.1, -0.05) is 37.3 Å². The number of carboxylic acids is 1. The highest BCUT2D eigenvalue weighted by Crippen LogP contribution is 2.49.